The van der Waals surface area contributed by atoms with Crippen molar-refractivity contribution in [1.29, 1.82) is 0 Å². The van der Waals surface area contributed by atoms with Gasteiger partial charge in [-0.1, -0.05) is 12.1 Å². The minimum atomic E-state index is -0.930. The summed E-state index contributed by atoms with van der Waals surface area (Å²) in [5.74, 6) is -2.02. The van der Waals surface area contributed by atoms with E-state index in [2.05, 4.69) is 4.90 Å². The van der Waals surface area contributed by atoms with Crippen molar-refractivity contribution in [3.63, 3.8) is 0 Å². The molecule has 7 nitrogen and oxygen atoms in total. The average molecular weight is 360 g/mol. The predicted molar refractivity (Wildman–Crippen MR) is 93.8 cm³/mol. The van der Waals surface area contributed by atoms with Gasteiger partial charge >= 0.3 is 11.9 Å². The van der Waals surface area contributed by atoms with Crippen LogP contribution < -0.4 is 0 Å². The molecule has 0 aliphatic carbocycles. The van der Waals surface area contributed by atoms with Crippen LogP contribution in [-0.4, -0.2) is 63.5 Å². The smallest absolute Gasteiger partial charge is 0.335 e. The zero-order valence-electron chi connectivity index (χ0n) is 14.9. The van der Waals surface area contributed by atoms with Gasteiger partial charge in [0.2, 0.25) is 5.91 Å². The van der Waals surface area contributed by atoms with E-state index in [1.54, 1.807) is 12.1 Å². The Hall–Kier alpha value is -2.41. The number of carboxylic acid groups (broad SMARTS) is 2. The molecular weight excluding hydrogens is 336 g/mol. The van der Waals surface area contributed by atoms with E-state index in [-0.39, 0.29) is 16.9 Å². The van der Waals surface area contributed by atoms with Crippen LogP contribution in [0.5, 0.6) is 0 Å². The molecule has 2 fully saturated rings. The molecule has 2 aliphatic heterocycles. The molecule has 1 spiro atoms. The average Bonchev–Trinajstić information content (AvgIpc) is 2.98. The molecule has 0 radical (unpaired) electrons. The van der Waals surface area contributed by atoms with Gasteiger partial charge in [-0.05, 0) is 55.5 Å². The second-order valence-electron chi connectivity index (χ2n) is 7.48. The summed E-state index contributed by atoms with van der Waals surface area (Å²) < 4.78 is 0. The van der Waals surface area contributed by atoms with E-state index < -0.39 is 18.0 Å². The van der Waals surface area contributed by atoms with Crippen LogP contribution >= 0.6 is 0 Å². The van der Waals surface area contributed by atoms with Gasteiger partial charge in [-0.3, -0.25) is 9.69 Å². The van der Waals surface area contributed by atoms with Gasteiger partial charge in [0.05, 0.1) is 5.56 Å². The van der Waals surface area contributed by atoms with Crippen LogP contribution in [0.4, 0.5) is 0 Å². The largest absolute Gasteiger partial charge is 0.480 e. The van der Waals surface area contributed by atoms with Crippen LogP contribution in [0.25, 0.3) is 0 Å². The maximum absolute atomic E-state index is 11.8. The van der Waals surface area contributed by atoms with Gasteiger partial charge in [0.15, 0.2) is 0 Å². The highest BCUT2D eigenvalue weighted by Crippen LogP contribution is 2.43. The van der Waals surface area contributed by atoms with E-state index in [0.29, 0.717) is 13.0 Å². The highest BCUT2D eigenvalue weighted by molar-refractivity contribution is 5.87. The molecule has 2 aliphatic rings. The van der Waals surface area contributed by atoms with Crippen LogP contribution in [0.15, 0.2) is 24.3 Å². The first-order valence-electron chi connectivity index (χ1n) is 8.84. The summed E-state index contributed by atoms with van der Waals surface area (Å²) in [5.41, 5.74) is 1.24. The van der Waals surface area contributed by atoms with E-state index in [9.17, 15) is 19.5 Å². The summed E-state index contributed by atoms with van der Waals surface area (Å²) in [6.45, 7) is 4.40. The first-order valence-corrected chi connectivity index (χ1v) is 8.84. The minimum absolute atomic E-state index is 0.0988. The Morgan fingerprint density at radius 3 is 2.19 bits per heavy atom. The summed E-state index contributed by atoms with van der Waals surface area (Å²) in [5, 5.41) is 18.4. The molecular formula is C19H24N2O5. The lowest BCUT2D eigenvalue weighted by Gasteiger charge is -2.39. The van der Waals surface area contributed by atoms with Crippen molar-refractivity contribution in [2.24, 2.45) is 5.41 Å². The Bertz CT molecular complexity index is 683. The monoisotopic (exact) mass is 360 g/mol. The number of hydrogen-bond donors (Lipinski definition) is 2. The van der Waals surface area contributed by atoms with Crippen molar-refractivity contribution < 1.29 is 24.6 Å². The van der Waals surface area contributed by atoms with Crippen LogP contribution in [0.3, 0.4) is 0 Å². The number of benzene rings is 1. The second-order valence-corrected chi connectivity index (χ2v) is 7.48. The number of piperidine rings is 1. The van der Waals surface area contributed by atoms with Crippen molar-refractivity contribution in [3.8, 4) is 0 Å². The van der Waals surface area contributed by atoms with Gasteiger partial charge in [0.25, 0.3) is 0 Å². The maximum atomic E-state index is 11.8. The lowest BCUT2D eigenvalue weighted by molar-refractivity contribution is -0.147. The van der Waals surface area contributed by atoms with E-state index in [1.165, 1.54) is 11.8 Å². The van der Waals surface area contributed by atoms with Gasteiger partial charge < -0.3 is 15.1 Å². The van der Waals surface area contributed by atoms with Crippen molar-refractivity contribution in [2.75, 3.05) is 19.6 Å². The fraction of sp³-hybridized carbons (Fsp3) is 0.526. The standard InChI is InChI=1S/C19H24N2O5/c1-13(22)21-12-19(10-16(21)18(25)26)6-8-20(9-7-19)11-14-2-4-15(5-3-14)17(23)24/h2-5,16H,6-12H2,1H3,(H,23,24)(H,25,26)/t16-/m1/s1. The Kier molecular flexibility index (Phi) is 5.00. The normalized spacial score (nSPS) is 22.5. The molecule has 2 saturated heterocycles. The zero-order chi connectivity index (χ0) is 18.9. The third-order valence-electron chi connectivity index (χ3n) is 5.72. The first kappa shape index (κ1) is 18.4. The molecule has 1 aromatic carbocycles. The number of rotatable bonds is 4. The third kappa shape index (κ3) is 3.72. The number of carbonyl (C=O) groups is 3. The molecule has 1 atom stereocenters. The summed E-state index contributed by atoms with van der Waals surface area (Å²) in [6, 6.07) is 6.19. The summed E-state index contributed by atoms with van der Waals surface area (Å²) in [6.07, 6.45) is 2.27. The van der Waals surface area contributed by atoms with E-state index in [0.717, 1.165) is 38.0 Å². The van der Waals surface area contributed by atoms with Crippen LogP contribution in [0.2, 0.25) is 0 Å². The van der Waals surface area contributed by atoms with E-state index in [4.69, 9.17) is 5.11 Å². The summed E-state index contributed by atoms with van der Waals surface area (Å²) in [4.78, 5) is 38.0. The number of carbonyl (C=O) groups excluding carboxylic acids is 1. The number of likely N-dealkylation sites (tertiary alicyclic amines) is 2. The highest BCUT2D eigenvalue weighted by Gasteiger charge is 2.48. The molecule has 1 aromatic rings. The Balaban J connectivity index is 1.59. The molecule has 0 bridgehead atoms. The Morgan fingerprint density at radius 2 is 1.73 bits per heavy atom. The van der Waals surface area contributed by atoms with E-state index >= 15 is 0 Å². The SMILES string of the molecule is CC(=O)N1CC2(CCN(Cc3ccc(C(=O)O)cc3)CC2)C[C@@H]1C(=O)O. The van der Waals surface area contributed by atoms with E-state index in [1.807, 2.05) is 12.1 Å². The van der Waals surface area contributed by atoms with Gasteiger partial charge in [0.1, 0.15) is 6.04 Å². The van der Waals surface area contributed by atoms with Crippen LogP contribution in [0.1, 0.15) is 42.1 Å². The molecule has 1 amide bonds. The third-order valence-corrected chi connectivity index (χ3v) is 5.72. The maximum Gasteiger partial charge on any atom is 0.335 e. The molecule has 7 heteroatoms. The zero-order valence-corrected chi connectivity index (χ0v) is 14.9. The second kappa shape index (κ2) is 7.07. The minimum Gasteiger partial charge on any atom is -0.480 e. The number of hydrogen-bond acceptors (Lipinski definition) is 4. The molecule has 0 saturated carbocycles. The molecule has 140 valence electrons. The Morgan fingerprint density at radius 1 is 1.12 bits per heavy atom. The lowest BCUT2D eigenvalue weighted by atomic mass is 9.76. The fourth-order valence-corrected chi connectivity index (χ4v) is 4.17. The van der Waals surface area contributed by atoms with Crippen LogP contribution in [-0.2, 0) is 16.1 Å². The van der Waals surface area contributed by atoms with Gasteiger partial charge in [-0.2, -0.15) is 0 Å². The number of aromatic carboxylic acids is 1. The quantitative estimate of drug-likeness (QED) is 0.848. The summed E-state index contributed by atoms with van der Waals surface area (Å²) in [7, 11) is 0. The molecule has 26 heavy (non-hydrogen) atoms. The first-order chi connectivity index (χ1) is 12.3. The molecule has 0 aromatic heterocycles. The number of amides is 1. The predicted octanol–water partition coefficient (Wildman–Crippen LogP) is 1.67. The topological polar surface area (TPSA) is 98.2 Å². The van der Waals surface area contributed by atoms with Crippen molar-refractivity contribution >= 4 is 17.8 Å². The van der Waals surface area contributed by atoms with Crippen molar-refractivity contribution in [2.45, 2.75) is 38.8 Å². The van der Waals surface area contributed by atoms with Crippen molar-refractivity contribution in [1.82, 2.24) is 9.80 Å². The molecule has 2 N–H and O–H groups in total. The summed E-state index contributed by atoms with van der Waals surface area (Å²) >= 11 is 0. The van der Waals surface area contributed by atoms with Crippen molar-refractivity contribution in [3.05, 3.63) is 35.4 Å². The number of carboxylic acids is 2. The number of aliphatic carboxylic acids is 1. The van der Waals surface area contributed by atoms with Gasteiger partial charge in [-0.15, -0.1) is 0 Å². The highest BCUT2D eigenvalue weighted by atomic mass is 16.4. The van der Waals surface area contributed by atoms with Gasteiger partial charge in [0, 0.05) is 20.0 Å². The fourth-order valence-electron chi connectivity index (χ4n) is 4.17. The molecule has 0 unspecified atom stereocenters. The molecule has 3 rings (SSSR count). The molecule has 2 heterocycles. The van der Waals surface area contributed by atoms with Gasteiger partial charge in [-0.25, -0.2) is 9.59 Å². The lowest BCUT2D eigenvalue weighted by Crippen LogP contribution is -2.42. The Labute approximate surface area is 152 Å². The number of nitrogens with zero attached hydrogens (tertiary/aromatic N) is 2. The van der Waals surface area contributed by atoms with Crippen LogP contribution in [0, 0.1) is 5.41 Å².